The van der Waals surface area contributed by atoms with Gasteiger partial charge in [0.05, 0.1) is 17.6 Å². The van der Waals surface area contributed by atoms with Crippen molar-refractivity contribution in [2.75, 3.05) is 18.4 Å². The van der Waals surface area contributed by atoms with Gasteiger partial charge < -0.3 is 19.8 Å². The van der Waals surface area contributed by atoms with Crippen molar-refractivity contribution < 1.29 is 13.9 Å². The molecule has 27 heavy (non-hydrogen) atoms. The summed E-state index contributed by atoms with van der Waals surface area (Å²) in [5.74, 6) is 0.0320. The number of carbonyl (C=O) groups excluding carboxylic acids is 1. The van der Waals surface area contributed by atoms with E-state index in [4.69, 9.17) is 9.15 Å². The number of carbonyl (C=O) groups is 1. The number of aromatic amines is 1. The molecule has 1 aromatic heterocycles. The van der Waals surface area contributed by atoms with Crippen molar-refractivity contribution in [2.45, 2.75) is 25.4 Å². The molecule has 7 heteroatoms. The molecule has 3 N–H and O–H groups in total. The molecule has 3 aromatic rings. The predicted octanol–water partition coefficient (Wildman–Crippen LogP) is 2.43. The number of benzene rings is 2. The molecule has 0 aliphatic carbocycles. The molecule has 2 aromatic carbocycles. The van der Waals surface area contributed by atoms with Crippen molar-refractivity contribution in [3.05, 3.63) is 58.6 Å². The van der Waals surface area contributed by atoms with Crippen LogP contribution in [-0.4, -0.2) is 30.1 Å². The molecular formula is C20H21N3O4. The molecular weight excluding hydrogens is 346 g/mol. The molecule has 1 amide bonds. The minimum absolute atomic E-state index is 0.151. The van der Waals surface area contributed by atoms with Crippen molar-refractivity contribution in [3.8, 4) is 5.75 Å². The van der Waals surface area contributed by atoms with Gasteiger partial charge in [-0.2, -0.15) is 0 Å². The van der Waals surface area contributed by atoms with E-state index in [0.717, 1.165) is 31.5 Å². The Labute approximate surface area is 155 Å². The number of hydrogen-bond acceptors (Lipinski definition) is 5. The smallest absolute Gasteiger partial charge is 0.417 e. The van der Waals surface area contributed by atoms with Gasteiger partial charge in [-0.05, 0) is 55.8 Å². The first-order valence-corrected chi connectivity index (χ1v) is 9.05. The molecule has 1 aliphatic heterocycles. The monoisotopic (exact) mass is 367 g/mol. The minimum Gasteiger partial charge on any atom is -0.488 e. The van der Waals surface area contributed by atoms with Crippen molar-refractivity contribution >= 4 is 22.7 Å². The zero-order valence-corrected chi connectivity index (χ0v) is 14.8. The molecule has 1 fully saturated rings. The molecule has 0 atom stereocenters. The highest BCUT2D eigenvalue weighted by molar-refractivity contribution is 5.94. The van der Waals surface area contributed by atoms with Crippen LogP contribution in [0.2, 0.25) is 0 Å². The fourth-order valence-electron chi connectivity index (χ4n) is 3.25. The van der Waals surface area contributed by atoms with Gasteiger partial charge in [-0.15, -0.1) is 0 Å². The van der Waals surface area contributed by atoms with Crippen LogP contribution in [0.4, 0.5) is 5.69 Å². The molecule has 4 rings (SSSR count). The largest absolute Gasteiger partial charge is 0.488 e. The average Bonchev–Trinajstić information content (AvgIpc) is 3.03. The maximum absolute atomic E-state index is 12.5. The number of amides is 1. The van der Waals surface area contributed by atoms with Crippen LogP contribution in [0.5, 0.6) is 5.75 Å². The van der Waals surface area contributed by atoms with E-state index in [1.165, 1.54) is 0 Å². The van der Waals surface area contributed by atoms with Crippen molar-refractivity contribution in [1.82, 2.24) is 10.3 Å². The van der Waals surface area contributed by atoms with Crippen LogP contribution >= 0.6 is 0 Å². The lowest BCUT2D eigenvalue weighted by Gasteiger charge is -2.25. The molecule has 1 aliphatic rings. The lowest BCUT2D eigenvalue weighted by Crippen LogP contribution is -2.34. The molecule has 0 spiro atoms. The Bertz CT molecular complexity index is 1000. The number of ether oxygens (including phenoxy) is 1. The molecule has 140 valence electrons. The number of piperidine rings is 1. The highest BCUT2D eigenvalue weighted by atomic mass is 16.5. The van der Waals surface area contributed by atoms with E-state index < -0.39 is 5.76 Å². The van der Waals surface area contributed by atoms with Gasteiger partial charge in [0.1, 0.15) is 11.9 Å². The van der Waals surface area contributed by atoms with Crippen LogP contribution in [0.3, 0.4) is 0 Å². The third kappa shape index (κ3) is 4.20. The van der Waals surface area contributed by atoms with Gasteiger partial charge in [0.15, 0.2) is 5.58 Å². The quantitative estimate of drug-likeness (QED) is 0.644. The molecule has 0 unspecified atom stereocenters. The lowest BCUT2D eigenvalue weighted by molar-refractivity contribution is -0.115. The SMILES string of the molecule is O=C(Cc1ccc2oc(=O)[nH]c2c1)Nc1ccccc1OC1CCNCC1. The van der Waals surface area contributed by atoms with Crippen molar-refractivity contribution in [3.63, 3.8) is 0 Å². The zero-order chi connectivity index (χ0) is 18.6. The summed E-state index contributed by atoms with van der Waals surface area (Å²) in [6, 6.07) is 12.7. The Morgan fingerprint density at radius 1 is 1.19 bits per heavy atom. The van der Waals surface area contributed by atoms with Gasteiger partial charge in [-0.1, -0.05) is 18.2 Å². The molecule has 0 bridgehead atoms. The summed E-state index contributed by atoms with van der Waals surface area (Å²) in [5, 5.41) is 6.24. The van der Waals surface area contributed by atoms with E-state index in [9.17, 15) is 9.59 Å². The Morgan fingerprint density at radius 3 is 2.85 bits per heavy atom. The van der Waals surface area contributed by atoms with Gasteiger partial charge >= 0.3 is 5.76 Å². The van der Waals surface area contributed by atoms with Gasteiger partial charge in [0.25, 0.3) is 0 Å². The summed E-state index contributed by atoms with van der Waals surface area (Å²) in [6.45, 7) is 1.88. The fraction of sp³-hybridized carbons (Fsp3) is 0.300. The number of H-pyrrole nitrogens is 1. The van der Waals surface area contributed by atoms with E-state index in [-0.39, 0.29) is 18.4 Å². The van der Waals surface area contributed by atoms with Crippen LogP contribution in [0.25, 0.3) is 11.1 Å². The molecule has 2 heterocycles. The third-order valence-corrected chi connectivity index (χ3v) is 4.59. The van der Waals surface area contributed by atoms with Gasteiger partial charge in [-0.3, -0.25) is 9.78 Å². The average molecular weight is 367 g/mol. The fourth-order valence-corrected chi connectivity index (χ4v) is 3.25. The summed E-state index contributed by atoms with van der Waals surface area (Å²) < 4.78 is 11.1. The van der Waals surface area contributed by atoms with Gasteiger partial charge in [0.2, 0.25) is 5.91 Å². The normalized spacial score (nSPS) is 15.0. The number of para-hydroxylation sites is 2. The Hall–Kier alpha value is -3.06. The van der Waals surface area contributed by atoms with Gasteiger partial charge in [0, 0.05) is 0 Å². The molecule has 7 nitrogen and oxygen atoms in total. The van der Waals surface area contributed by atoms with E-state index in [2.05, 4.69) is 15.6 Å². The third-order valence-electron chi connectivity index (χ3n) is 4.59. The molecule has 0 saturated carbocycles. The Morgan fingerprint density at radius 2 is 2.00 bits per heavy atom. The maximum atomic E-state index is 12.5. The summed E-state index contributed by atoms with van der Waals surface area (Å²) in [7, 11) is 0. The number of anilines is 1. The van der Waals surface area contributed by atoms with Crippen molar-refractivity contribution in [1.29, 1.82) is 0 Å². The van der Waals surface area contributed by atoms with Gasteiger partial charge in [-0.25, -0.2) is 4.79 Å². The van der Waals surface area contributed by atoms with E-state index >= 15 is 0 Å². The van der Waals surface area contributed by atoms with Crippen LogP contribution in [0.1, 0.15) is 18.4 Å². The van der Waals surface area contributed by atoms with E-state index in [1.54, 1.807) is 18.2 Å². The Balaban J connectivity index is 1.44. The first kappa shape index (κ1) is 17.4. The first-order valence-electron chi connectivity index (χ1n) is 9.05. The number of hydrogen-bond donors (Lipinski definition) is 3. The van der Waals surface area contributed by atoms with Crippen LogP contribution in [0, 0.1) is 0 Å². The first-order chi connectivity index (χ1) is 13.2. The number of aromatic nitrogens is 1. The van der Waals surface area contributed by atoms with Crippen LogP contribution < -0.4 is 21.1 Å². The summed E-state index contributed by atoms with van der Waals surface area (Å²) >= 11 is 0. The highest BCUT2D eigenvalue weighted by Crippen LogP contribution is 2.27. The summed E-state index contributed by atoms with van der Waals surface area (Å²) in [6.07, 6.45) is 2.24. The highest BCUT2D eigenvalue weighted by Gasteiger charge is 2.17. The zero-order valence-electron chi connectivity index (χ0n) is 14.8. The molecule has 0 radical (unpaired) electrons. The molecule has 1 saturated heterocycles. The van der Waals surface area contributed by atoms with Crippen LogP contribution in [-0.2, 0) is 11.2 Å². The standard InChI is InChI=1S/C20H21N3O4/c24-19(12-13-5-6-18-16(11-13)23-20(25)27-18)22-15-3-1-2-4-17(15)26-14-7-9-21-10-8-14/h1-6,11,14,21H,7-10,12H2,(H,22,24)(H,23,25). The van der Waals surface area contributed by atoms with E-state index in [0.29, 0.717) is 22.5 Å². The number of nitrogens with one attached hydrogen (secondary N) is 3. The second kappa shape index (κ2) is 7.67. The minimum atomic E-state index is -0.504. The summed E-state index contributed by atoms with van der Waals surface area (Å²) in [5.41, 5.74) is 2.51. The predicted molar refractivity (Wildman–Crippen MR) is 102 cm³/mol. The number of oxazole rings is 1. The topological polar surface area (TPSA) is 96.4 Å². The second-order valence-electron chi connectivity index (χ2n) is 6.63. The van der Waals surface area contributed by atoms with E-state index in [1.807, 2.05) is 24.3 Å². The Kier molecular flexibility index (Phi) is 4.93. The summed E-state index contributed by atoms with van der Waals surface area (Å²) in [4.78, 5) is 26.3. The number of rotatable bonds is 5. The van der Waals surface area contributed by atoms with Crippen LogP contribution in [0.15, 0.2) is 51.7 Å². The maximum Gasteiger partial charge on any atom is 0.417 e. The second-order valence-corrected chi connectivity index (χ2v) is 6.63. The lowest BCUT2D eigenvalue weighted by atomic mass is 10.1. The van der Waals surface area contributed by atoms with Crippen molar-refractivity contribution in [2.24, 2.45) is 0 Å². The number of fused-ring (bicyclic) bond motifs is 1.